The van der Waals surface area contributed by atoms with Crippen LogP contribution < -0.4 is 10.1 Å². The van der Waals surface area contributed by atoms with Crippen molar-refractivity contribution in [2.75, 3.05) is 26.7 Å². The van der Waals surface area contributed by atoms with E-state index >= 15 is 0 Å². The summed E-state index contributed by atoms with van der Waals surface area (Å²) in [6.45, 7) is 5.44. The molecule has 1 fully saturated rings. The van der Waals surface area contributed by atoms with Gasteiger partial charge < -0.3 is 10.1 Å². The van der Waals surface area contributed by atoms with E-state index in [0.29, 0.717) is 30.3 Å². The van der Waals surface area contributed by atoms with Crippen LogP contribution in [0.3, 0.4) is 0 Å². The van der Waals surface area contributed by atoms with Crippen LogP contribution in [0.4, 0.5) is 0 Å². The molecule has 0 aromatic heterocycles. The summed E-state index contributed by atoms with van der Waals surface area (Å²) in [5.41, 5.74) is 2.71. The van der Waals surface area contributed by atoms with Crippen molar-refractivity contribution in [1.82, 2.24) is 9.62 Å². The summed E-state index contributed by atoms with van der Waals surface area (Å²) >= 11 is 0. The number of piperazine rings is 1. The molecule has 1 N–H and O–H groups in total. The lowest BCUT2D eigenvalue weighted by Crippen LogP contribution is -2.48. The van der Waals surface area contributed by atoms with Gasteiger partial charge >= 0.3 is 0 Å². The van der Waals surface area contributed by atoms with E-state index in [4.69, 9.17) is 4.74 Å². The molecule has 2 aromatic carbocycles. The van der Waals surface area contributed by atoms with E-state index in [1.54, 1.807) is 17.5 Å². The lowest BCUT2D eigenvalue weighted by atomic mass is 10.0. The summed E-state index contributed by atoms with van der Waals surface area (Å²) in [5, 5.41) is 3.30. The molecule has 3 rings (SSSR count). The molecule has 1 aliphatic heterocycles. The highest BCUT2D eigenvalue weighted by Gasteiger charge is 2.36. The Morgan fingerprint density at radius 3 is 2.64 bits per heavy atom. The largest absolute Gasteiger partial charge is 0.496 e. The Labute approximate surface area is 149 Å². The number of benzene rings is 2. The molecule has 0 spiro atoms. The zero-order valence-corrected chi connectivity index (χ0v) is 15.6. The topological polar surface area (TPSA) is 58.6 Å². The molecule has 1 atom stereocenters. The second kappa shape index (κ2) is 7.15. The molecule has 5 nitrogen and oxygen atoms in total. The van der Waals surface area contributed by atoms with E-state index in [0.717, 1.165) is 16.7 Å². The predicted octanol–water partition coefficient (Wildman–Crippen LogP) is 2.65. The van der Waals surface area contributed by atoms with E-state index < -0.39 is 10.0 Å². The van der Waals surface area contributed by atoms with Gasteiger partial charge in [-0.15, -0.1) is 0 Å². The maximum absolute atomic E-state index is 13.4. The fourth-order valence-corrected chi connectivity index (χ4v) is 5.21. The molecule has 0 aliphatic carbocycles. The summed E-state index contributed by atoms with van der Waals surface area (Å²) in [4.78, 5) is 0.375. The minimum atomic E-state index is -3.59. The number of methoxy groups -OCH3 is 1. The van der Waals surface area contributed by atoms with Gasteiger partial charge in [-0.3, -0.25) is 0 Å². The third-order valence-corrected chi connectivity index (χ3v) is 6.68. The van der Waals surface area contributed by atoms with Crippen LogP contribution in [0.2, 0.25) is 0 Å². The molecule has 1 unspecified atom stereocenters. The highest BCUT2D eigenvalue weighted by atomic mass is 32.2. The molecule has 1 heterocycles. The van der Waals surface area contributed by atoms with E-state index in [-0.39, 0.29) is 6.04 Å². The summed E-state index contributed by atoms with van der Waals surface area (Å²) in [5.74, 6) is 0.706. The van der Waals surface area contributed by atoms with Gasteiger partial charge in [0.1, 0.15) is 5.75 Å². The number of para-hydroxylation sites is 1. The van der Waals surface area contributed by atoms with Crippen LogP contribution in [0.1, 0.15) is 22.7 Å². The molecule has 0 saturated carbocycles. The van der Waals surface area contributed by atoms with Crippen LogP contribution in [0, 0.1) is 13.8 Å². The summed E-state index contributed by atoms with van der Waals surface area (Å²) in [6.07, 6.45) is 0. The molecular formula is C19H24N2O3S. The number of hydrogen-bond donors (Lipinski definition) is 1. The Bertz CT molecular complexity index is 865. The SMILES string of the molecule is COc1ccccc1C1CNCCN1S(=O)(=O)c1ccc(C)cc1C. The van der Waals surface area contributed by atoms with Gasteiger partial charge in [0.05, 0.1) is 18.0 Å². The monoisotopic (exact) mass is 360 g/mol. The molecule has 25 heavy (non-hydrogen) atoms. The van der Waals surface area contributed by atoms with Crippen LogP contribution >= 0.6 is 0 Å². The molecule has 0 radical (unpaired) electrons. The van der Waals surface area contributed by atoms with E-state index in [2.05, 4.69) is 5.32 Å². The Morgan fingerprint density at radius 2 is 1.92 bits per heavy atom. The first-order chi connectivity index (χ1) is 11.9. The van der Waals surface area contributed by atoms with Crippen molar-refractivity contribution in [2.45, 2.75) is 24.8 Å². The lowest BCUT2D eigenvalue weighted by Gasteiger charge is -2.36. The van der Waals surface area contributed by atoms with Crippen LogP contribution in [0.5, 0.6) is 5.75 Å². The molecule has 1 aliphatic rings. The number of sulfonamides is 1. The predicted molar refractivity (Wildman–Crippen MR) is 98.4 cm³/mol. The van der Waals surface area contributed by atoms with E-state index in [1.807, 2.05) is 50.2 Å². The maximum Gasteiger partial charge on any atom is 0.243 e. The normalized spacial score (nSPS) is 18.9. The third kappa shape index (κ3) is 3.42. The second-order valence-electron chi connectivity index (χ2n) is 6.35. The molecule has 2 aromatic rings. The summed E-state index contributed by atoms with van der Waals surface area (Å²) < 4.78 is 33.8. The number of rotatable bonds is 4. The Hall–Kier alpha value is -1.89. The van der Waals surface area contributed by atoms with Crippen LogP contribution in [0.25, 0.3) is 0 Å². The average molecular weight is 360 g/mol. The molecule has 0 bridgehead atoms. The van der Waals surface area contributed by atoms with Gasteiger partial charge in [-0.25, -0.2) is 8.42 Å². The van der Waals surface area contributed by atoms with Gasteiger partial charge in [0.25, 0.3) is 0 Å². The van der Waals surface area contributed by atoms with Gasteiger partial charge in [-0.2, -0.15) is 4.31 Å². The molecule has 6 heteroatoms. The Balaban J connectivity index is 2.06. The van der Waals surface area contributed by atoms with Crippen molar-refractivity contribution in [3.8, 4) is 5.75 Å². The Kier molecular flexibility index (Phi) is 5.13. The number of nitrogens with one attached hydrogen (secondary N) is 1. The molecular weight excluding hydrogens is 336 g/mol. The standard InChI is InChI=1S/C19H24N2O3S/c1-14-8-9-19(15(2)12-14)25(22,23)21-11-10-20-13-17(21)16-6-4-5-7-18(16)24-3/h4-9,12,17,20H,10-11,13H2,1-3H3. The summed E-state index contributed by atoms with van der Waals surface area (Å²) in [6, 6.07) is 12.8. The molecule has 0 amide bonds. The fourth-order valence-electron chi connectivity index (χ4n) is 3.40. The highest BCUT2D eigenvalue weighted by Crippen LogP contribution is 2.34. The first kappa shape index (κ1) is 17.9. The first-order valence-corrected chi connectivity index (χ1v) is 9.82. The van der Waals surface area contributed by atoms with Crippen molar-refractivity contribution in [3.05, 3.63) is 59.2 Å². The molecule has 134 valence electrons. The fraction of sp³-hybridized carbons (Fsp3) is 0.368. The third-order valence-electron chi connectivity index (χ3n) is 4.61. The lowest BCUT2D eigenvalue weighted by molar-refractivity contribution is 0.264. The second-order valence-corrected chi connectivity index (χ2v) is 8.21. The van der Waals surface area contributed by atoms with Gasteiger partial charge in [-0.05, 0) is 31.5 Å². The van der Waals surface area contributed by atoms with E-state index in [1.165, 1.54) is 0 Å². The van der Waals surface area contributed by atoms with Crippen molar-refractivity contribution >= 4 is 10.0 Å². The van der Waals surface area contributed by atoms with E-state index in [9.17, 15) is 8.42 Å². The Morgan fingerprint density at radius 1 is 1.16 bits per heavy atom. The minimum Gasteiger partial charge on any atom is -0.496 e. The van der Waals surface area contributed by atoms with Crippen LogP contribution in [-0.4, -0.2) is 39.5 Å². The zero-order chi connectivity index (χ0) is 18.0. The van der Waals surface area contributed by atoms with Crippen LogP contribution in [-0.2, 0) is 10.0 Å². The van der Waals surface area contributed by atoms with Crippen molar-refractivity contribution in [3.63, 3.8) is 0 Å². The van der Waals surface area contributed by atoms with Gasteiger partial charge in [0.15, 0.2) is 0 Å². The number of hydrogen-bond acceptors (Lipinski definition) is 4. The van der Waals surface area contributed by atoms with Crippen molar-refractivity contribution in [1.29, 1.82) is 0 Å². The van der Waals surface area contributed by atoms with Gasteiger partial charge in [0, 0.05) is 25.2 Å². The number of ether oxygens (including phenoxy) is 1. The molecule has 1 saturated heterocycles. The van der Waals surface area contributed by atoms with Crippen molar-refractivity contribution < 1.29 is 13.2 Å². The minimum absolute atomic E-state index is 0.296. The highest BCUT2D eigenvalue weighted by molar-refractivity contribution is 7.89. The number of aryl methyl sites for hydroxylation is 2. The first-order valence-electron chi connectivity index (χ1n) is 8.38. The smallest absolute Gasteiger partial charge is 0.243 e. The average Bonchev–Trinajstić information content (AvgIpc) is 2.61. The number of nitrogens with zero attached hydrogens (tertiary/aromatic N) is 1. The summed E-state index contributed by atoms with van der Waals surface area (Å²) in [7, 11) is -1.98. The van der Waals surface area contributed by atoms with Crippen molar-refractivity contribution in [2.24, 2.45) is 0 Å². The maximum atomic E-state index is 13.4. The van der Waals surface area contributed by atoms with Crippen LogP contribution in [0.15, 0.2) is 47.4 Å². The zero-order valence-electron chi connectivity index (χ0n) is 14.8. The quantitative estimate of drug-likeness (QED) is 0.911. The van der Waals surface area contributed by atoms with Gasteiger partial charge in [-0.1, -0.05) is 35.9 Å². The van der Waals surface area contributed by atoms with Gasteiger partial charge in [0.2, 0.25) is 10.0 Å².